The topological polar surface area (TPSA) is 167 Å². The lowest BCUT2D eigenvalue weighted by Crippen LogP contribution is -2.61. The fourth-order valence-corrected chi connectivity index (χ4v) is 13.9. The molecular weight excluding hydrogens is 1020 g/mol. The first-order chi connectivity index (χ1) is 35.7. The number of hydrogen-bond acceptors (Lipinski definition) is 11. The number of likely N-dealkylation sites (tertiary alicyclic amines) is 3. The number of β-amino-alcohol motifs (C(OH)–C–C–N with tert-alkyl or cyclic N) is 1. The van der Waals surface area contributed by atoms with Gasteiger partial charge in [0.2, 0.25) is 23.5 Å². The fraction of sp³-hybridized carbons (Fsp3) is 0.544. The third-order valence-corrected chi connectivity index (χ3v) is 18.5. The average Bonchev–Trinajstić information content (AvgIpc) is 4.05. The van der Waals surface area contributed by atoms with Crippen LogP contribution in [0.3, 0.4) is 0 Å². The Morgan fingerprint density at radius 3 is 2.35 bits per heavy atom. The van der Waals surface area contributed by atoms with Crippen LogP contribution in [0, 0.1) is 12.3 Å². The number of ether oxygens (including phenoxy) is 1. The highest BCUT2D eigenvalue weighted by atomic mass is 79.9. The number of hydrogen-bond donors (Lipinski definition) is 3. The van der Waals surface area contributed by atoms with Crippen LogP contribution in [0.4, 0.5) is 0 Å². The molecule has 3 amide bonds. The maximum absolute atomic E-state index is 14.6. The van der Waals surface area contributed by atoms with Gasteiger partial charge in [-0.15, -0.1) is 11.3 Å². The number of fused-ring (bicyclic) bond motifs is 5. The van der Waals surface area contributed by atoms with Gasteiger partial charge < -0.3 is 34.8 Å². The predicted molar refractivity (Wildman–Crippen MR) is 292 cm³/mol. The summed E-state index contributed by atoms with van der Waals surface area (Å²) in [5.74, 6) is 0.271. The quantitative estimate of drug-likeness (QED) is 0.0853. The zero-order chi connectivity index (χ0) is 51.5. The van der Waals surface area contributed by atoms with E-state index in [2.05, 4.69) is 68.5 Å². The van der Waals surface area contributed by atoms with E-state index >= 15 is 0 Å². The van der Waals surface area contributed by atoms with Crippen molar-refractivity contribution in [2.75, 3.05) is 52.5 Å². The molecule has 0 bridgehead atoms. The van der Waals surface area contributed by atoms with Crippen molar-refractivity contribution in [1.29, 1.82) is 0 Å². The number of amides is 3. The third kappa shape index (κ3) is 9.85. The number of aryl methyl sites for hydroxylation is 1. The van der Waals surface area contributed by atoms with Crippen LogP contribution in [-0.4, -0.2) is 133 Å². The number of piperidine rings is 1. The molecule has 392 valence electrons. The van der Waals surface area contributed by atoms with Crippen molar-refractivity contribution < 1.29 is 24.2 Å². The Bertz CT molecular complexity index is 3120. The molecule has 11 rings (SSSR count). The van der Waals surface area contributed by atoms with E-state index in [0.717, 1.165) is 133 Å². The summed E-state index contributed by atoms with van der Waals surface area (Å²) in [6.45, 7) is 12.8. The molecule has 3 N–H and O–H groups in total. The van der Waals surface area contributed by atoms with Crippen LogP contribution in [-0.2, 0) is 19.1 Å². The van der Waals surface area contributed by atoms with Gasteiger partial charge in [-0.1, -0.05) is 70.0 Å². The van der Waals surface area contributed by atoms with E-state index in [4.69, 9.17) is 9.72 Å². The average molecular weight is 1090 g/mol. The van der Waals surface area contributed by atoms with Crippen molar-refractivity contribution in [2.45, 2.75) is 140 Å². The molecule has 0 radical (unpaired) electrons. The number of benzene rings is 3. The number of carbonyl (C=O) groups excluding carboxylic acids is 3. The molecule has 17 heteroatoms. The van der Waals surface area contributed by atoms with Gasteiger partial charge in [-0.2, -0.15) is 4.98 Å². The summed E-state index contributed by atoms with van der Waals surface area (Å²) in [5.41, 5.74) is 7.68. The summed E-state index contributed by atoms with van der Waals surface area (Å²) in [6, 6.07) is 18.9. The Balaban J connectivity index is 0.760. The van der Waals surface area contributed by atoms with E-state index in [-0.39, 0.29) is 42.9 Å². The lowest BCUT2D eigenvalue weighted by atomic mass is 9.85. The first-order valence-corrected chi connectivity index (χ1v) is 28.7. The van der Waals surface area contributed by atoms with Crippen molar-refractivity contribution in [3.8, 4) is 10.4 Å². The summed E-state index contributed by atoms with van der Waals surface area (Å²) in [4.78, 5) is 73.0. The summed E-state index contributed by atoms with van der Waals surface area (Å²) in [5, 5.41) is 18.0. The Kier molecular flexibility index (Phi) is 14.4. The van der Waals surface area contributed by atoms with E-state index in [1.165, 1.54) is 23.3 Å². The number of imidazole rings is 1. The van der Waals surface area contributed by atoms with Gasteiger partial charge in [-0.3, -0.25) is 28.5 Å². The highest BCUT2D eigenvalue weighted by Crippen LogP contribution is 2.45. The Labute approximate surface area is 445 Å². The molecule has 3 aromatic heterocycles. The second kappa shape index (κ2) is 20.8. The molecule has 15 nitrogen and oxygen atoms in total. The molecule has 0 spiro atoms. The molecule has 74 heavy (non-hydrogen) atoms. The summed E-state index contributed by atoms with van der Waals surface area (Å²) in [7, 11) is 0. The first kappa shape index (κ1) is 51.1. The lowest BCUT2D eigenvalue weighted by molar-refractivity contribution is -0.145. The Morgan fingerprint density at radius 1 is 0.919 bits per heavy atom. The minimum atomic E-state index is -0.925. The highest BCUT2D eigenvalue weighted by molar-refractivity contribution is 9.10. The molecule has 6 aromatic rings. The number of halogens is 1. The number of thiazole rings is 1. The van der Waals surface area contributed by atoms with Crippen LogP contribution < -0.4 is 16.2 Å². The van der Waals surface area contributed by atoms with Crippen molar-refractivity contribution in [2.24, 2.45) is 5.41 Å². The van der Waals surface area contributed by atoms with Crippen LogP contribution in [0.15, 0.2) is 75.4 Å². The summed E-state index contributed by atoms with van der Waals surface area (Å²) >= 11 is 5.21. The number of carbonyl (C=O) groups is 3. The van der Waals surface area contributed by atoms with Crippen LogP contribution >= 0.6 is 27.3 Å². The van der Waals surface area contributed by atoms with Gasteiger partial charge in [0.25, 0.3) is 5.56 Å². The zero-order valence-corrected chi connectivity index (χ0v) is 45.6. The van der Waals surface area contributed by atoms with Gasteiger partial charge in [0.1, 0.15) is 17.6 Å². The molecule has 2 saturated carbocycles. The van der Waals surface area contributed by atoms with Gasteiger partial charge in [0.15, 0.2) is 0 Å². The maximum atomic E-state index is 14.6. The Morgan fingerprint density at radius 2 is 1.66 bits per heavy atom. The van der Waals surface area contributed by atoms with Crippen molar-refractivity contribution in [3.05, 3.63) is 97.8 Å². The molecule has 4 atom stereocenters. The van der Waals surface area contributed by atoms with E-state index < -0.39 is 35.2 Å². The second-order valence-corrected chi connectivity index (χ2v) is 24.5. The van der Waals surface area contributed by atoms with Crippen molar-refractivity contribution >= 4 is 72.7 Å². The Hall–Kier alpha value is -5.04. The lowest BCUT2D eigenvalue weighted by Gasteiger charge is -2.37. The van der Waals surface area contributed by atoms with Gasteiger partial charge in [0, 0.05) is 30.0 Å². The second-order valence-electron chi connectivity index (χ2n) is 22.8. The van der Waals surface area contributed by atoms with E-state index in [9.17, 15) is 24.3 Å². The van der Waals surface area contributed by atoms with Crippen molar-refractivity contribution in [3.63, 3.8) is 0 Å². The standard InChI is InChI=1S/C57H70BrN9O6S/c1-35-49(74-34-59-35)38-16-14-37(15-17-38)43(60-51(69)47-31-41(68)32-65(47)53(71)50(56(2,3)4)61-54(72)57(22-23-57)64-24-7-8-25-64)33-73-29-28-63-26-20-36(21-27-63)39-18-19-44-46(30-39)66(40-10-5-6-11-40)55-62-52(70)48-42(58)12-9-13-45(48)67(44)55/h9,12-19,30,34,36,40-41,43,47,50,68H,5-8,10-11,20-29,31-33H2,1-4H3,(H,60,69)(H,61,72)/t41-,43+,47+,50-/m1/s1. The normalized spacial score (nSPS) is 21.8. The van der Waals surface area contributed by atoms with E-state index in [0.29, 0.717) is 24.0 Å². The summed E-state index contributed by atoms with van der Waals surface area (Å²) in [6.07, 6.45) is 9.40. The number of rotatable bonds is 15. The van der Waals surface area contributed by atoms with Gasteiger partial charge in [0.05, 0.1) is 63.4 Å². The molecular formula is C57H70BrN9O6S. The van der Waals surface area contributed by atoms with Gasteiger partial charge in [-0.05, 0) is 153 Å². The summed E-state index contributed by atoms with van der Waals surface area (Å²) < 4.78 is 11.7. The monoisotopic (exact) mass is 1090 g/mol. The molecule has 0 unspecified atom stereocenters. The number of nitrogens with zero attached hydrogens (tertiary/aromatic N) is 7. The highest BCUT2D eigenvalue weighted by Gasteiger charge is 2.56. The number of aliphatic hydroxyl groups excluding tert-OH is 1. The maximum Gasteiger partial charge on any atom is 0.283 e. The molecule has 6 heterocycles. The van der Waals surface area contributed by atoms with E-state index in [1.54, 1.807) is 11.3 Å². The van der Waals surface area contributed by atoms with Crippen LogP contribution in [0.1, 0.15) is 126 Å². The predicted octanol–water partition coefficient (Wildman–Crippen LogP) is 8.29. The van der Waals surface area contributed by atoms with Crippen LogP contribution in [0.25, 0.3) is 38.2 Å². The van der Waals surface area contributed by atoms with Crippen LogP contribution in [0.2, 0.25) is 0 Å². The molecule has 3 aliphatic heterocycles. The first-order valence-electron chi connectivity index (χ1n) is 27.0. The molecule has 5 fully saturated rings. The minimum Gasteiger partial charge on any atom is -0.391 e. The minimum absolute atomic E-state index is 0.00658. The SMILES string of the molecule is Cc1ncsc1-c1ccc([C@H](COCCN2CCC(c3ccc4c(c3)n(C3CCCC3)c3nc(=O)c5c(Br)cccc5n43)CC2)NC(=O)[C@@H]2C[C@@H](O)CN2C(=O)[C@@H](NC(=O)C2(N3CCCC3)CC2)C(C)(C)C)cc1. The molecule has 5 aliphatic rings. The van der Waals surface area contributed by atoms with Crippen molar-refractivity contribution in [1.82, 2.24) is 44.3 Å². The third-order valence-electron chi connectivity index (χ3n) is 16.9. The number of aromatic nitrogens is 4. The zero-order valence-electron chi connectivity index (χ0n) is 43.2. The fourth-order valence-electron chi connectivity index (χ4n) is 12.6. The molecule has 3 saturated heterocycles. The van der Waals surface area contributed by atoms with Gasteiger partial charge in [-0.25, -0.2) is 4.98 Å². The smallest absolute Gasteiger partial charge is 0.283 e. The number of nitrogens with one attached hydrogen (secondary N) is 2. The van der Waals surface area contributed by atoms with E-state index in [1.807, 2.05) is 75.7 Å². The molecule has 2 aliphatic carbocycles. The number of aliphatic hydroxyl groups is 1. The largest absolute Gasteiger partial charge is 0.391 e. The molecule has 3 aromatic carbocycles. The van der Waals surface area contributed by atoms with Gasteiger partial charge >= 0.3 is 0 Å². The van der Waals surface area contributed by atoms with Crippen LogP contribution in [0.5, 0.6) is 0 Å².